The lowest BCUT2D eigenvalue weighted by Crippen LogP contribution is -2.18. The van der Waals surface area contributed by atoms with Crippen LogP contribution in [0.2, 0.25) is 0 Å². The second kappa shape index (κ2) is 7.41. The molecule has 0 unspecified atom stereocenters. The minimum atomic E-state index is -0.171. The average Bonchev–Trinajstić information content (AvgIpc) is 2.42. The predicted octanol–water partition coefficient (Wildman–Crippen LogP) is 4.12. The van der Waals surface area contributed by atoms with E-state index in [9.17, 15) is 4.39 Å². The molecule has 1 aromatic heterocycles. The Labute approximate surface area is 123 Å². The van der Waals surface area contributed by atoms with Crippen LogP contribution in [-0.2, 0) is 6.54 Å². The van der Waals surface area contributed by atoms with E-state index >= 15 is 0 Å². The molecule has 1 heterocycles. The van der Waals surface area contributed by atoms with Gasteiger partial charge in [-0.25, -0.2) is 4.39 Å². The highest BCUT2D eigenvalue weighted by molar-refractivity contribution is 7.99. The Morgan fingerprint density at radius 2 is 1.95 bits per heavy atom. The molecule has 0 saturated carbocycles. The Kier molecular flexibility index (Phi) is 5.56. The molecule has 1 aromatic carbocycles. The molecule has 2 aromatic rings. The van der Waals surface area contributed by atoms with Crippen molar-refractivity contribution in [3.63, 3.8) is 0 Å². The van der Waals surface area contributed by atoms with Crippen LogP contribution in [0.3, 0.4) is 0 Å². The first-order valence-electron chi connectivity index (χ1n) is 6.72. The average molecular weight is 290 g/mol. The first-order valence-corrected chi connectivity index (χ1v) is 7.54. The van der Waals surface area contributed by atoms with Gasteiger partial charge >= 0.3 is 0 Å². The summed E-state index contributed by atoms with van der Waals surface area (Å²) in [4.78, 5) is 5.59. The first-order chi connectivity index (χ1) is 9.65. The Morgan fingerprint density at radius 3 is 2.60 bits per heavy atom. The van der Waals surface area contributed by atoms with E-state index < -0.39 is 0 Å². The molecule has 0 bridgehead atoms. The van der Waals surface area contributed by atoms with Gasteiger partial charge in [-0.2, -0.15) is 0 Å². The van der Waals surface area contributed by atoms with Gasteiger partial charge in [0.1, 0.15) is 5.82 Å². The predicted molar refractivity (Wildman–Crippen MR) is 81.3 cm³/mol. The van der Waals surface area contributed by atoms with Crippen molar-refractivity contribution in [1.29, 1.82) is 0 Å². The number of nitrogens with one attached hydrogen (secondary N) is 1. The monoisotopic (exact) mass is 290 g/mol. The standard InChI is InChI=1S/C16H19FN2S/c1-12(2)10-19-11-13-3-4-16(15(17)9-13)20-14-5-7-18-8-6-14/h3-9,12,19H,10-11H2,1-2H3. The fourth-order valence-electron chi connectivity index (χ4n) is 1.78. The van der Waals surface area contributed by atoms with Crippen LogP contribution < -0.4 is 5.32 Å². The van der Waals surface area contributed by atoms with E-state index in [1.54, 1.807) is 18.5 Å². The zero-order valence-corrected chi connectivity index (χ0v) is 12.6. The first kappa shape index (κ1) is 15.0. The molecule has 0 fully saturated rings. The molecule has 0 spiro atoms. The van der Waals surface area contributed by atoms with Gasteiger partial charge in [0, 0.05) is 28.7 Å². The van der Waals surface area contributed by atoms with Gasteiger partial charge in [-0.05, 0) is 42.3 Å². The lowest BCUT2D eigenvalue weighted by Gasteiger charge is -2.09. The van der Waals surface area contributed by atoms with E-state index in [-0.39, 0.29) is 5.82 Å². The van der Waals surface area contributed by atoms with Crippen LogP contribution >= 0.6 is 11.8 Å². The summed E-state index contributed by atoms with van der Waals surface area (Å²) in [6.45, 7) is 5.95. The van der Waals surface area contributed by atoms with Crippen molar-refractivity contribution in [2.75, 3.05) is 6.54 Å². The molecule has 0 radical (unpaired) electrons. The Balaban J connectivity index is 1.99. The van der Waals surface area contributed by atoms with E-state index in [0.717, 1.165) is 17.0 Å². The number of aromatic nitrogens is 1. The molecule has 4 heteroatoms. The molecule has 2 nitrogen and oxygen atoms in total. The summed E-state index contributed by atoms with van der Waals surface area (Å²) in [6.07, 6.45) is 3.43. The maximum Gasteiger partial charge on any atom is 0.137 e. The second-order valence-corrected chi connectivity index (χ2v) is 6.19. The van der Waals surface area contributed by atoms with Crippen molar-refractivity contribution >= 4 is 11.8 Å². The fraction of sp³-hybridized carbons (Fsp3) is 0.312. The van der Waals surface area contributed by atoms with Crippen LogP contribution in [0, 0.1) is 11.7 Å². The fourth-order valence-corrected chi connectivity index (χ4v) is 2.58. The number of hydrogen-bond donors (Lipinski definition) is 1. The van der Waals surface area contributed by atoms with E-state index in [4.69, 9.17) is 0 Å². The third kappa shape index (κ3) is 4.62. The number of halogens is 1. The van der Waals surface area contributed by atoms with Crippen molar-refractivity contribution in [1.82, 2.24) is 10.3 Å². The largest absolute Gasteiger partial charge is 0.312 e. The van der Waals surface area contributed by atoms with Gasteiger partial charge in [-0.15, -0.1) is 0 Å². The van der Waals surface area contributed by atoms with E-state index in [0.29, 0.717) is 17.4 Å². The summed E-state index contributed by atoms with van der Waals surface area (Å²) in [5.74, 6) is 0.428. The summed E-state index contributed by atoms with van der Waals surface area (Å²) in [5, 5.41) is 3.32. The Morgan fingerprint density at radius 1 is 1.20 bits per heavy atom. The number of hydrogen-bond acceptors (Lipinski definition) is 3. The summed E-state index contributed by atoms with van der Waals surface area (Å²) in [7, 11) is 0. The summed E-state index contributed by atoms with van der Waals surface area (Å²) in [6, 6.07) is 9.17. The zero-order valence-electron chi connectivity index (χ0n) is 11.8. The molecule has 0 saturated heterocycles. The van der Waals surface area contributed by atoms with E-state index in [1.165, 1.54) is 11.8 Å². The number of benzene rings is 1. The van der Waals surface area contributed by atoms with Crippen molar-refractivity contribution in [2.45, 2.75) is 30.2 Å². The van der Waals surface area contributed by atoms with Gasteiger partial charge in [-0.1, -0.05) is 31.7 Å². The van der Waals surface area contributed by atoms with Gasteiger partial charge < -0.3 is 5.32 Å². The molecule has 0 atom stereocenters. The topological polar surface area (TPSA) is 24.9 Å². The minimum Gasteiger partial charge on any atom is -0.312 e. The van der Waals surface area contributed by atoms with Gasteiger partial charge in [0.15, 0.2) is 0 Å². The molecular formula is C16H19FN2S. The number of nitrogens with zero attached hydrogens (tertiary/aromatic N) is 1. The van der Waals surface area contributed by atoms with Crippen molar-refractivity contribution in [3.8, 4) is 0 Å². The molecule has 20 heavy (non-hydrogen) atoms. The number of pyridine rings is 1. The maximum atomic E-state index is 14.1. The molecule has 0 amide bonds. The highest BCUT2D eigenvalue weighted by atomic mass is 32.2. The quantitative estimate of drug-likeness (QED) is 0.866. The lowest BCUT2D eigenvalue weighted by molar-refractivity contribution is 0.548. The molecule has 2 rings (SSSR count). The van der Waals surface area contributed by atoms with Crippen LogP contribution in [-0.4, -0.2) is 11.5 Å². The highest BCUT2D eigenvalue weighted by Crippen LogP contribution is 2.29. The van der Waals surface area contributed by atoms with Gasteiger partial charge in [-0.3, -0.25) is 4.98 Å². The van der Waals surface area contributed by atoms with Gasteiger partial charge in [0.05, 0.1) is 0 Å². The molecule has 0 aliphatic rings. The molecule has 0 aliphatic carbocycles. The summed E-state index contributed by atoms with van der Waals surface area (Å²) < 4.78 is 14.1. The van der Waals surface area contributed by atoms with Crippen LogP contribution in [0.15, 0.2) is 52.5 Å². The normalized spacial score (nSPS) is 11.0. The molecule has 1 N–H and O–H groups in total. The zero-order chi connectivity index (χ0) is 14.4. The Bertz CT molecular complexity index is 543. The van der Waals surface area contributed by atoms with Gasteiger partial charge in [0.2, 0.25) is 0 Å². The third-order valence-electron chi connectivity index (χ3n) is 2.76. The molecular weight excluding hydrogens is 271 g/mol. The smallest absolute Gasteiger partial charge is 0.137 e. The van der Waals surface area contributed by atoms with E-state index in [2.05, 4.69) is 24.1 Å². The minimum absolute atomic E-state index is 0.171. The maximum absolute atomic E-state index is 14.1. The lowest BCUT2D eigenvalue weighted by atomic mass is 10.2. The summed E-state index contributed by atoms with van der Waals surface area (Å²) in [5.41, 5.74) is 0.974. The van der Waals surface area contributed by atoms with Crippen LogP contribution in [0.1, 0.15) is 19.4 Å². The van der Waals surface area contributed by atoms with E-state index in [1.807, 2.05) is 24.3 Å². The number of rotatable bonds is 6. The van der Waals surface area contributed by atoms with Gasteiger partial charge in [0.25, 0.3) is 0 Å². The van der Waals surface area contributed by atoms with Crippen molar-refractivity contribution < 1.29 is 4.39 Å². The third-order valence-corrected chi connectivity index (χ3v) is 3.81. The van der Waals surface area contributed by atoms with Crippen LogP contribution in [0.4, 0.5) is 4.39 Å². The molecule has 106 valence electrons. The molecule has 0 aliphatic heterocycles. The van der Waals surface area contributed by atoms with Crippen LogP contribution in [0.5, 0.6) is 0 Å². The Hall–Kier alpha value is -1.39. The second-order valence-electron chi connectivity index (χ2n) is 5.07. The highest BCUT2D eigenvalue weighted by Gasteiger charge is 2.06. The SMILES string of the molecule is CC(C)CNCc1ccc(Sc2ccncc2)c(F)c1. The summed E-state index contributed by atoms with van der Waals surface area (Å²) >= 11 is 1.42. The van der Waals surface area contributed by atoms with Crippen molar-refractivity contribution in [3.05, 3.63) is 54.1 Å². The van der Waals surface area contributed by atoms with Crippen molar-refractivity contribution in [2.24, 2.45) is 5.92 Å². The van der Waals surface area contributed by atoms with Crippen LogP contribution in [0.25, 0.3) is 0 Å².